The Morgan fingerprint density at radius 1 is 1.60 bits per heavy atom. The number of rotatable bonds is 4. The number of aliphatic hydroxyl groups is 1. The molecule has 84 valence electrons. The summed E-state index contributed by atoms with van der Waals surface area (Å²) in [6, 6.07) is 2.31. The zero-order chi connectivity index (χ0) is 11.4. The average Bonchev–Trinajstić information content (AvgIpc) is 2.20. The van der Waals surface area contributed by atoms with Gasteiger partial charge in [0.05, 0.1) is 17.7 Å². The van der Waals surface area contributed by atoms with E-state index >= 15 is 0 Å². The van der Waals surface area contributed by atoms with E-state index in [0.717, 1.165) is 6.07 Å². The Labute approximate surface area is 92.6 Å². The van der Waals surface area contributed by atoms with E-state index in [1.54, 1.807) is 6.92 Å². The van der Waals surface area contributed by atoms with Crippen LogP contribution in [0.1, 0.15) is 18.6 Å². The van der Waals surface area contributed by atoms with Crippen LogP contribution in [-0.4, -0.2) is 18.3 Å². The molecule has 0 saturated carbocycles. The Balaban J connectivity index is 3.20. The fourth-order valence-corrected chi connectivity index (χ4v) is 1.52. The van der Waals surface area contributed by atoms with Crippen LogP contribution in [-0.2, 0) is 0 Å². The number of nitrogens with two attached hydrogens (primary N) is 1. The van der Waals surface area contributed by atoms with Gasteiger partial charge < -0.3 is 15.6 Å². The molecule has 15 heavy (non-hydrogen) atoms. The summed E-state index contributed by atoms with van der Waals surface area (Å²) in [6.45, 7) is 2.15. The summed E-state index contributed by atoms with van der Waals surface area (Å²) in [4.78, 5) is 0. The number of ether oxygens (including phenoxy) is 1. The monoisotopic (exact) mass is 233 g/mol. The maximum absolute atomic E-state index is 13.1. The Hall–Kier alpha value is -0.840. The van der Waals surface area contributed by atoms with Gasteiger partial charge in [-0.1, -0.05) is 11.6 Å². The minimum absolute atomic E-state index is 0.0140. The van der Waals surface area contributed by atoms with Gasteiger partial charge in [-0.25, -0.2) is 4.39 Å². The third-order valence-corrected chi connectivity index (χ3v) is 2.19. The van der Waals surface area contributed by atoms with Crippen molar-refractivity contribution in [2.75, 3.05) is 13.2 Å². The van der Waals surface area contributed by atoms with E-state index in [2.05, 4.69) is 0 Å². The van der Waals surface area contributed by atoms with E-state index in [4.69, 9.17) is 22.1 Å². The maximum atomic E-state index is 13.1. The number of hydrogen-bond acceptors (Lipinski definition) is 3. The van der Waals surface area contributed by atoms with Crippen LogP contribution in [0.5, 0.6) is 5.75 Å². The molecule has 5 heteroatoms. The van der Waals surface area contributed by atoms with Crippen LogP contribution in [0.15, 0.2) is 12.1 Å². The van der Waals surface area contributed by atoms with Crippen molar-refractivity contribution in [3.63, 3.8) is 0 Å². The molecule has 1 aromatic rings. The standard InChI is InChI=1S/C10H13ClFNO2/c1-2-15-10-7(9(14)5-13)3-6(12)4-8(10)11/h3-4,9,14H,2,5,13H2,1H3. The lowest BCUT2D eigenvalue weighted by atomic mass is 10.1. The molecule has 0 aliphatic rings. The summed E-state index contributed by atoms with van der Waals surface area (Å²) in [5, 5.41) is 9.69. The van der Waals surface area contributed by atoms with Crippen LogP contribution in [0.4, 0.5) is 4.39 Å². The molecule has 0 amide bonds. The molecular weight excluding hydrogens is 221 g/mol. The van der Waals surface area contributed by atoms with Gasteiger partial charge in [-0.15, -0.1) is 0 Å². The van der Waals surface area contributed by atoms with E-state index in [9.17, 15) is 9.50 Å². The van der Waals surface area contributed by atoms with Crippen molar-refractivity contribution in [3.05, 3.63) is 28.5 Å². The second kappa shape index (κ2) is 5.30. The Morgan fingerprint density at radius 3 is 2.80 bits per heavy atom. The molecule has 0 aliphatic carbocycles. The Bertz CT molecular complexity index is 346. The van der Waals surface area contributed by atoms with Crippen molar-refractivity contribution in [3.8, 4) is 5.75 Å². The lowest BCUT2D eigenvalue weighted by Gasteiger charge is -2.15. The first-order valence-electron chi connectivity index (χ1n) is 4.60. The molecule has 0 spiro atoms. The fraction of sp³-hybridized carbons (Fsp3) is 0.400. The SMILES string of the molecule is CCOc1c(Cl)cc(F)cc1C(O)CN. The summed E-state index contributed by atoms with van der Waals surface area (Å²) in [5.74, 6) is -0.232. The van der Waals surface area contributed by atoms with Gasteiger partial charge >= 0.3 is 0 Å². The normalized spacial score (nSPS) is 12.6. The van der Waals surface area contributed by atoms with Crippen molar-refractivity contribution >= 4 is 11.6 Å². The summed E-state index contributed by atoms with van der Waals surface area (Å²) in [7, 11) is 0. The van der Waals surface area contributed by atoms with Crippen LogP contribution in [0, 0.1) is 5.82 Å². The van der Waals surface area contributed by atoms with Gasteiger partial charge in [0.25, 0.3) is 0 Å². The van der Waals surface area contributed by atoms with Gasteiger partial charge in [0, 0.05) is 12.1 Å². The summed E-state index contributed by atoms with van der Waals surface area (Å²) in [5.41, 5.74) is 5.58. The molecule has 1 unspecified atom stereocenters. The fourth-order valence-electron chi connectivity index (χ4n) is 1.25. The second-order valence-corrected chi connectivity index (χ2v) is 3.40. The molecule has 3 N–H and O–H groups in total. The highest BCUT2D eigenvalue weighted by atomic mass is 35.5. The maximum Gasteiger partial charge on any atom is 0.143 e. The van der Waals surface area contributed by atoms with E-state index in [1.807, 2.05) is 0 Å². The van der Waals surface area contributed by atoms with E-state index < -0.39 is 11.9 Å². The molecule has 1 rings (SSSR count). The first-order valence-corrected chi connectivity index (χ1v) is 4.97. The van der Waals surface area contributed by atoms with Gasteiger partial charge in [0.15, 0.2) is 0 Å². The first-order chi connectivity index (χ1) is 7.10. The minimum atomic E-state index is -0.972. The highest BCUT2D eigenvalue weighted by Gasteiger charge is 2.16. The number of halogens is 2. The van der Waals surface area contributed by atoms with E-state index in [-0.39, 0.29) is 17.1 Å². The molecule has 0 heterocycles. The molecule has 3 nitrogen and oxygen atoms in total. The highest BCUT2D eigenvalue weighted by Crippen LogP contribution is 2.33. The largest absolute Gasteiger partial charge is 0.492 e. The van der Waals surface area contributed by atoms with Crippen LogP contribution >= 0.6 is 11.6 Å². The van der Waals surface area contributed by atoms with Crippen LogP contribution < -0.4 is 10.5 Å². The van der Waals surface area contributed by atoms with Gasteiger partial charge in [-0.3, -0.25) is 0 Å². The van der Waals surface area contributed by atoms with E-state index in [1.165, 1.54) is 6.07 Å². The molecule has 1 atom stereocenters. The smallest absolute Gasteiger partial charge is 0.143 e. The third kappa shape index (κ3) is 2.81. The lowest BCUT2D eigenvalue weighted by Crippen LogP contribution is -2.13. The molecule has 0 radical (unpaired) electrons. The molecule has 0 bridgehead atoms. The zero-order valence-electron chi connectivity index (χ0n) is 8.34. The van der Waals surface area contributed by atoms with E-state index in [0.29, 0.717) is 12.4 Å². The molecule has 0 fully saturated rings. The predicted molar refractivity (Wildman–Crippen MR) is 56.6 cm³/mol. The summed E-state index contributed by atoms with van der Waals surface area (Å²) < 4.78 is 18.3. The van der Waals surface area contributed by atoms with Crippen LogP contribution in [0.2, 0.25) is 5.02 Å². The van der Waals surface area contributed by atoms with Crippen molar-refractivity contribution in [1.29, 1.82) is 0 Å². The Kier molecular flexibility index (Phi) is 4.32. The van der Waals surface area contributed by atoms with Gasteiger partial charge in [-0.2, -0.15) is 0 Å². The topological polar surface area (TPSA) is 55.5 Å². The quantitative estimate of drug-likeness (QED) is 0.835. The first kappa shape index (κ1) is 12.2. The summed E-state index contributed by atoms with van der Waals surface area (Å²) >= 11 is 5.80. The van der Waals surface area contributed by atoms with Crippen LogP contribution in [0.3, 0.4) is 0 Å². The van der Waals surface area contributed by atoms with Crippen molar-refractivity contribution in [1.82, 2.24) is 0 Å². The van der Waals surface area contributed by atoms with Crippen molar-refractivity contribution < 1.29 is 14.2 Å². The number of aliphatic hydroxyl groups excluding tert-OH is 1. The second-order valence-electron chi connectivity index (χ2n) is 2.99. The number of hydrogen-bond donors (Lipinski definition) is 2. The third-order valence-electron chi connectivity index (χ3n) is 1.91. The van der Waals surface area contributed by atoms with Crippen LogP contribution in [0.25, 0.3) is 0 Å². The average molecular weight is 234 g/mol. The minimum Gasteiger partial charge on any atom is -0.492 e. The molecule has 1 aromatic carbocycles. The van der Waals surface area contributed by atoms with Crippen molar-refractivity contribution in [2.45, 2.75) is 13.0 Å². The predicted octanol–water partition coefficient (Wildman–Crippen LogP) is 1.87. The molecular formula is C10H13ClFNO2. The van der Waals surface area contributed by atoms with Gasteiger partial charge in [0.1, 0.15) is 11.6 Å². The zero-order valence-corrected chi connectivity index (χ0v) is 9.09. The number of benzene rings is 1. The highest BCUT2D eigenvalue weighted by molar-refractivity contribution is 6.32. The molecule has 0 saturated heterocycles. The van der Waals surface area contributed by atoms with Gasteiger partial charge in [-0.05, 0) is 19.1 Å². The summed E-state index contributed by atoms with van der Waals surface area (Å²) in [6.07, 6.45) is -0.972. The van der Waals surface area contributed by atoms with Gasteiger partial charge in [0.2, 0.25) is 0 Å². The Morgan fingerprint density at radius 2 is 2.27 bits per heavy atom. The molecule has 0 aliphatic heterocycles. The van der Waals surface area contributed by atoms with Crippen molar-refractivity contribution in [2.24, 2.45) is 5.73 Å². The molecule has 0 aromatic heterocycles. The lowest BCUT2D eigenvalue weighted by molar-refractivity contribution is 0.179.